The van der Waals surface area contributed by atoms with Crippen molar-refractivity contribution in [2.75, 3.05) is 44.3 Å². The smallest absolute Gasteiger partial charge is 0.128 e. The Hall–Kier alpha value is -1.13. The molecule has 0 bridgehead atoms. The molecule has 2 aliphatic rings. The Kier molecular flexibility index (Phi) is 3.99. The first kappa shape index (κ1) is 12.9. The van der Waals surface area contributed by atoms with Crippen molar-refractivity contribution in [2.45, 2.75) is 18.8 Å². The summed E-state index contributed by atoms with van der Waals surface area (Å²) in [5.41, 5.74) is 1.87. The van der Waals surface area contributed by atoms with Crippen LogP contribution < -0.4 is 10.2 Å². The fraction of sp³-hybridized carbons (Fsp3) is 0.600. The van der Waals surface area contributed by atoms with E-state index in [9.17, 15) is 4.39 Å². The molecule has 1 aromatic carbocycles. The van der Waals surface area contributed by atoms with Crippen LogP contribution in [0.25, 0.3) is 0 Å². The second-order valence-electron chi connectivity index (χ2n) is 5.33. The predicted molar refractivity (Wildman–Crippen MR) is 74.3 cm³/mol. The first-order valence-electron chi connectivity index (χ1n) is 7.17. The standard InChI is InChI=1S/C15H21FN2O/c16-15-11-13(18-7-9-19-10-8-18)1-2-14(15)12-3-5-17-6-4-12/h1-2,11-12,17H,3-10H2. The number of hydrogen-bond donors (Lipinski definition) is 1. The highest BCUT2D eigenvalue weighted by molar-refractivity contribution is 5.49. The molecule has 0 radical (unpaired) electrons. The molecule has 0 aliphatic carbocycles. The van der Waals surface area contributed by atoms with E-state index in [1.807, 2.05) is 6.07 Å². The van der Waals surface area contributed by atoms with E-state index < -0.39 is 0 Å². The van der Waals surface area contributed by atoms with Gasteiger partial charge in [0.2, 0.25) is 0 Å². The van der Waals surface area contributed by atoms with Gasteiger partial charge < -0.3 is 15.0 Å². The first-order valence-corrected chi connectivity index (χ1v) is 7.17. The second-order valence-corrected chi connectivity index (χ2v) is 5.33. The van der Waals surface area contributed by atoms with E-state index >= 15 is 0 Å². The number of hydrogen-bond acceptors (Lipinski definition) is 3. The highest BCUT2D eigenvalue weighted by atomic mass is 19.1. The molecule has 1 N–H and O–H groups in total. The molecule has 4 heteroatoms. The van der Waals surface area contributed by atoms with Crippen LogP contribution in [0.15, 0.2) is 18.2 Å². The van der Waals surface area contributed by atoms with Gasteiger partial charge in [-0.05, 0) is 49.5 Å². The Bertz CT molecular complexity index is 426. The molecule has 2 saturated heterocycles. The zero-order valence-corrected chi connectivity index (χ0v) is 11.2. The maximum absolute atomic E-state index is 14.3. The SMILES string of the molecule is Fc1cc(N2CCOCC2)ccc1C1CCNCC1. The van der Waals surface area contributed by atoms with Crippen LogP contribution in [0.4, 0.5) is 10.1 Å². The molecule has 104 valence electrons. The largest absolute Gasteiger partial charge is 0.378 e. The first-order chi connectivity index (χ1) is 9.34. The molecule has 0 unspecified atom stereocenters. The van der Waals surface area contributed by atoms with Gasteiger partial charge in [0, 0.05) is 18.8 Å². The van der Waals surface area contributed by atoms with Gasteiger partial charge in [-0.25, -0.2) is 4.39 Å². The molecule has 0 amide bonds. The Labute approximate surface area is 113 Å². The molecule has 0 spiro atoms. The van der Waals surface area contributed by atoms with Gasteiger partial charge in [-0.15, -0.1) is 0 Å². The molecule has 3 nitrogen and oxygen atoms in total. The van der Waals surface area contributed by atoms with Crippen molar-refractivity contribution in [2.24, 2.45) is 0 Å². The molecule has 0 saturated carbocycles. The third-order valence-electron chi connectivity index (χ3n) is 4.14. The summed E-state index contributed by atoms with van der Waals surface area (Å²) in [6.07, 6.45) is 2.07. The van der Waals surface area contributed by atoms with Gasteiger partial charge in [0.25, 0.3) is 0 Å². The fourth-order valence-corrected chi connectivity index (χ4v) is 3.00. The number of morpholine rings is 1. The lowest BCUT2D eigenvalue weighted by atomic mass is 9.89. The zero-order valence-electron chi connectivity index (χ0n) is 11.2. The van der Waals surface area contributed by atoms with Gasteiger partial charge >= 0.3 is 0 Å². The molecule has 2 heterocycles. The highest BCUT2D eigenvalue weighted by Gasteiger charge is 2.20. The van der Waals surface area contributed by atoms with Gasteiger partial charge in [-0.1, -0.05) is 6.07 Å². The molecule has 0 aromatic heterocycles. The normalized spacial score (nSPS) is 21.6. The van der Waals surface area contributed by atoms with Crippen molar-refractivity contribution in [3.63, 3.8) is 0 Å². The maximum atomic E-state index is 14.3. The lowest BCUT2D eigenvalue weighted by molar-refractivity contribution is 0.122. The fourth-order valence-electron chi connectivity index (χ4n) is 3.00. The van der Waals surface area contributed by atoms with Crippen LogP contribution in [0.1, 0.15) is 24.3 Å². The monoisotopic (exact) mass is 264 g/mol. The van der Waals surface area contributed by atoms with Crippen LogP contribution in [0.3, 0.4) is 0 Å². The van der Waals surface area contributed by atoms with E-state index in [-0.39, 0.29) is 5.82 Å². The molecule has 2 aliphatic heterocycles. The van der Waals surface area contributed by atoms with Gasteiger partial charge in [-0.2, -0.15) is 0 Å². The Morgan fingerprint density at radius 1 is 1.16 bits per heavy atom. The van der Waals surface area contributed by atoms with Crippen LogP contribution in [0.2, 0.25) is 0 Å². The number of nitrogens with one attached hydrogen (secondary N) is 1. The summed E-state index contributed by atoms with van der Waals surface area (Å²) in [6, 6.07) is 5.74. The average Bonchev–Trinajstić information content (AvgIpc) is 2.49. The van der Waals surface area contributed by atoms with Crippen molar-refractivity contribution in [3.8, 4) is 0 Å². The second kappa shape index (κ2) is 5.88. The third-order valence-corrected chi connectivity index (χ3v) is 4.14. The van der Waals surface area contributed by atoms with Crippen molar-refractivity contribution < 1.29 is 9.13 Å². The summed E-state index contributed by atoms with van der Waals surface area (Å²) in [6.45, 7) is 5.16. The van der Waals surface area contributed by atoms with Crippen LogP contribution in [0.5, 0.6) is 0 Å². The number of piperidine rings is 1. The molecular formula is C15H21FN2O. The molecule has 19 heavy (non-hydrogen) atoms. The van der Waals surface area contributed by atoms with Crippen molar-refractivity contribution in [1.29, 1.82) is 0 Å². The zero-order chi connectivity index (χ0) is 13.1. The topological polar surface area (TPSA) is 24.5 Å². The average molecular weight is 264 g/mol. The number of ether oxygens (including phenoxy) is 1. The number of rotatable bonds is 2. The van der Waals surface area contributed by atoms with E-state index in [2.05, 4.69) is 16.3 Å². The number of benzene rings is 1. The van der Waals surface area contributed by atoms with Gasteiger partial charge in [-0.3, -0.25) is 0 Å². The van der Waals surface area contributed by atoms with E-state index in [4.69, 9.17) is 4.74 Å². The Morgan fingerprint density at radius 2 is 1.89 bits per heavy atom. The van der Waals surface area contributed by atoms with E-state index in [1.54, 1.807) is 6.07 Å². The Balaban J connectivity index is 1.76. The number of nitrogens with zero attached hydrogens (tertiary/aromatic N) is 1. The summed E-state index contributed by atoms with van der Waals surface area (Å²) in [7, 11) is 0. The van der Waals surface area contributed by atoms with Gasteiger partial charge in [0.1, 0.15) is 5.82 Å². The molecule has 3 rings (SSSR count). The maximum Gasteiger partial charge on any atom is 0.128 e. The van der Waals surface area contributed by atoms with Crippen molar-refractivity contribution in [1.82, 2.24) is 5.32 Å². The number of halogens is 1. The summed E-state index contributed by atoms with van der Waals surface area (Å²) < 4.78 is 19.6. The van der Waals surface area contributed by atoms with Gasteiger partial charge in [0.05, 0.1) is 13.2 Å². The van der Waals surface area contributed by atoms with Gasteiger partial charge in [0.15, 0.2) is 0 Å². The lowest BCUT2D eigenvalue weighted by Gasteiger charge is -2.30. The minimum Gasteiger partial charge on any atom is -0.378 e. The third kappa shape index (κ3) is 2.90. The minimum atomic E-state index is -0.0455. The number of anilines is 1. The molecule has 1 aromatic rings. The Morgan fingerprint density at radius 3 is 2.58 bits per heavy atom. The summed E-state index contributed by atoms with van der Waals surface area (Å²) in [5, 5.41) is 3.32. The minimum absolute atomic E-state index is 0.0455. The van der Waals surface area contributed by atoms with Crippen molar-refractivity contribution in [3.05, 3.63) is 29.6 Å². The molecular weight excluding hydrogens is 243 g/mol. The summed E-state index contributed by atoms with van der Waals surface area (Å²) >= 11 is 0. The van der Waals surface area contributed by atoms with Crippen LogP contribution in [-0.4, -0.2) is 39.4 Å². The molecule has 2 fully saturated rings. The quantitative estimate of drug-likeness (QED) is 0.885. The van der Waals surface area contributed by atoms with Crippen LogP contribution in [0, 0.1) is 5.82 Å². The van der Waals surface area contributed by atoms with E-state index in [1.165, 1.54) is 0 Å². The van der Waals surface area contributed by atoms with E-state index in [0.29, 0.717) is 5.92 Å². The van der Waals surface area contributed by atoms with Crippen molar-refractivity contribution >= 4 is 5.69 Å². The van der Waals surface area contributed by atoms with Crippen LogP contribution >= 0.6 is 0 Å². The summed E-state index contributed by atoms with van der Waals surface area (Å²) in [5.74, 6) is 0.330. The predicted octanol–water partition coefficient (Wildman–Crippen LogP) is 2.13. The highest BCUT2D eigenvalue weighted by Crippen LogP contribution is 2.30. The van der Waals surface area contributed by atoms with E-state index in [0.717, 1.165) is 63.5 Å². The summed E-state index contributed by atoms with van der Waals surface area (Å²) in [4.78, 5) is 2.19. The van der Waals surface area contributed by atoms with Crippen LogP contribution in [-0.2, 0) is 4.74 Å². The molecule has 0 atom stereocenters. The lowest BCUT2D eigenvalue weighted by Crippen LogP contribution is -2.36.